The Labute approximate surface area is 195 Å². The number of nitrogens with zero attached hydrogens (tertiary/aromatic N) is 4. The van der Waals surface area contributed by atoms with Gasteiger partial charge in [-0.15, -0.1) is 21.5 Å². The molecule has 1 atom stereocenters. The van der Waals surface area contributed by atoms with Crippen LogP contribution in [0, 0.1) is 0 Å². The van der Waals surface area contributed by atoms with Crippen molar-refractivity contribution in [2.75, 3.05) is 18.1 Å². The van der Waals surface area contributed by atoms with E-state index in [0.717, 1.165) is 58.4 Å². The van der Waals surface area contributed by atoms with Gasteiger partial charge in [-0.1, -0.05) is 31.0 Å². The summed E-state index contributed by atoms with van der Waals surface area (Å²) in [6, 6.07) is 4.17. The Hall–Kier alpha value is -2.17. The lowest BCUT2D eigenvalue weighted by Gasteiger charge is -2.22. The van der Waals surface area contributed by atoms with Crippen LogP contribution in [0.2, 0.25) is 0 Å². The molecule has 0 aromatic carbocycles. The van der Waals surface area contributed by atoms with Crippen LogP contribution in [0.5, 0.6) is 0 Å². The Kier molecular flexibility index (Phi) is 6.61. The SMILES string of the molecule is Nc1c(-c2nnc(SCC(=O)NC3CCCCC3)n2C[C@H]2CCCO2)sc2ncccc12. The number of carbonyl (C=O) groups is 1. The van der Waals surface area contributed by atoms with Crippen molar-refractivity contribution < 1.29 is 9.53 Å². The third-order valence-electron chi connectivity index (χ3n) is 6.14. The summed E-state index contributed by atoms with van der Waals surface area (Å²) in [6.07, 6.45) is 9.78. The number of nitrogens with one attached hydrogen (secondary N) is 1. The number of anilines is 1. The summed E-state index contributed by atoms with van der Waals surface area (Å²) in [6.45, 7) is 1.43. The zero-order valence-corrected chi connectivity index (χ0v) is 19.6. The lowest BCUT2D eigenvalue weighted by molar-refractivity contribution is -0.119. The predicted molar refractivity (Wildman–Crippen MR) is 128 cm³/mol. The van der Waals surface area contributed by atoms with Gasteiger partial charge in [0, 0.05) is 24.2 Å². The van der Waals surface area contributed by atoms with E-state index in [9.17, 15) is 4.79 Å². The molecule has 1 saturated carbocycles. The third kappa shape index (κ3) is 4.62. The first-order valence-corrected chi connectivity index (χ1v) is 13.1. The fraction of sp³-hybridized carbons (Fsp3) is 0.545. The highest BCUT2D eigenvalue weighted by Gasteiger charge is 2.25. The van der Waals surface area contributed by atoms with Crippen LogP contribution in [0.25, 0.3) is 20.9 Å². The van der Waals surface area contributed by atoms with E-state index in [0.29, 0.717) is 24.0 Å². The van der Waals surface area contributed by atoms with E-state index in [4.69, 9.17) is 10.5 Å². The van der Waals surface area contributed by atoms with Gasteiger partial charge in [0.15, 0.2) is 11.0 Å². The number of pyridine rings is 1. The van der Waals surface area contributed by atoms with Gasteiger partial charge in [-0.3, -0.25) is 9.36 Å². The van der Waals surface area contributed by atoms with Crippen LogP contribution in [0.3, 0.4) is 0 Å². The van der Waals surface area contributed by atoms with Gasteiger partial charge >= 0.3 is 0 Å². The molecule has 4 heterocycles. The van der Waals surface area contributed by atoms with Crippen molar-refractivity contribution in [2.45, 2.75) is 68.8 Å². The van der Waals surface area contributed by atoms with Crippen LogP contribution in [0.1, 0.15) is 44.9 Å². The molecule has 3 N–H and O–H groups in total. The van der Waals surface area contributed by atoms with Gasteiger partial charge in [-0.2, -0.15) is 0 Å². The molecule has 0 spiro atoms. The number of aromatic nitrogens is 4. The van der Waals surface area contributed by atoms with Crippen LogP contribution in [-0.4, -0.2) is 50.2 Å². The first-order chi connectivity index (χ1) is 15.7. The molecule has 8 nitrogen and oxygen atoms in total. The lowest BCUT2D eigenvalue weighted by Crippen LogP contribution is -2.37. The summed E-state index contributed by atoms with van der Waals surface area (Å²) >= 11 is 2.95. The first kappa shape index (κ1) is 21.7. The number of hydrogen-bond acceptors (Lipinski definition) is 8. The molecule has 1 aliphatic heterocycles. The maximum absolute atomic E-state index is 12.5. The molecule has 1 aliphatic carbocycles. The second-order valence-corrected chi connectivity index (χ2v) is 10.4. The largest absolute Gasteiger partial charge is 0.397 e. The van der Waals surface area contributed by atoms with Crippen molar-refractivity contribution in [1.29, 1.82) is 0 Å². The van der Waals surface area contributed by atoms with E-state index in [-0.39, 0.29) is 12.0 Å². The van der Waals surface area contributed by atoms with Crippen molar-refractivity contribution in [3.8, 4) is 10.7 Å². The lowest BCUT2D eigenvalue weighted by atomic mass is 9.95. The zero-order chi connectivity index (χ0) is 21.9. The first-order valence-electron chi connectivity index (χ1n) is 11.3. The van der Waals surface area contributed by atoms with Crippen LogP contribution in [0.4, 0.5) is 5.69 Å². The van der Waals surface area contributed by atoms with E-state index in [1.807, 2.05) is 12.1 Å². The molecular weight excluding hydrogens is 444 g/mol. The van der Waals surface area contributed by atoms with Crippen molar-refractivity contribution in [1.82, 2.24) is 25.1 Å². The Balaban J connectivity index is 1.37. The average molecular weight is 473 g/mol. The summed E-state index contributed by atoms with van der Waals surface area (Å²) in [5, 5.41) is 13.8. The Morgan fingerprint density at radius 3 is 2.91 bits per heavy atom. The van der Waals surface area contributed by atoms with Gasteiger partial charge in [0.25, 0.3) is 0 Å². The highest BCUT2D eigenvalue weighted by atomic mass is 32.2. The minimum atomic E-state index is 0.0562. The molecular formula is C22H28N6O2S2. The second kappa shape index (κ2) is 9.76. The van der Waals surface area contributed by atoms with E-state index in [1.54, 1.807) is 6.20 Å². The topological polar surface area (TPSA) is 108 Å². The molecule has 10 heteroatoms. The Morgan fingerprint density at radius 1 is 1.25 bits per heavy atom. The molecule has 0 bridgehead atoms. The Bertz CT molecular complexity index is 1090. The maximum atomic E-state index is 12.5. The molecule has 3 aromatic rings. The van der Waals surface area contributed by atoms with E-state index >= 15 is 0 Å². The molecule has 0 radical (unpaired) electrons. The fourth-order valence-electron chi connectivity index (χ4n) is 4.48. The molecule has 32 heavy (non-hydrogen) atoms. The molecule has 2 fully saturated rings. The molecule has 1 saturated heterocycles. The molecule has 1 amide bonds. The average Bonchev–Trinajstić information content (AvgIpc) is 3.54. The molecule has 2 aliphatic rings. The zero-order valence-electron chi connectivity index (χ0n) is 18.0. The number of thioether (sulfide) groups is 1. The van der Waals surface area contributed by atoms with Crippen LogP contribution in [-0.2, 0) is 16.1 Å². The highest BCUT2D eigenvalue weighted by molar-refractivity contribution is 7.99. The number of hydrogen-bond donors (Lipinski definition) is 2. The number of thiophene rings is 1. The van der Waals surface area contributed by atoms with E-state index in [1.165, 1.54) is 42.4 Å². The summed E-state index contributed by atoms with van der Waals surface area (Å²) in [5.41, 5.74) is 7.14. The minimum Gasteiger partial charge on any atom is -0.397 e. The summed E-state index contributed by atoms with van der Waals surface area (Å²) < 4.78 is 7.95. The summed E-state index contributed by atoms with van der Waals surface area (Å²) in [4.78, 5) is 18.7. The summed E-state index contributed by atoms with van der Waals surface area (Å²) in [7, 11) is 0. The number of ether oxygens (including phenoxy) is 1. The van der Waals surface area contributed by atoms with Crippen molar-refractivity contribution in [2.24, 2.45) is 0 Å². The normalized spacial score (nSPS) is 19.6. The monoisotopic (exact) mass is 472 g/mol. The molecule has 0 unspecified atom stereocenters. The fourth-order valence-corrected chi connectivity index (χ4v) is 6.30. The van der Waals surface area contributed by atoms with Gasteiger partial charge in [0.2, 0.25) is 5.91 Å². The number of fused-ring (bicyclic) bond motifs is 1. The molecule has 5 rings (SSSR count). The maximum Gasteiger partial charge on any atom is 0.230 e. The number of rotatable bonds is 7. The Morgan fingerprint density at radius 2 is 2.12 bits per heavy atom. The van der Waals surface area contributed by atoms with Gasteiger partial charge in [-0.05, 0) is 37.8 Å². The van der Waals surface area contributed by atoms with Gasteiger partial charge in [-0.25, -0.2) is 4.98 Å². The highest BCUT2D eigenvalue weighted by Crippen LogP contribution is 2.40. The van der Waals surface area contributed by atoms with E-state index < -0.39 is 0 Å². The van der Waals surface area contributed by atoms with Gasteiger partial charge < -0.3 is 15.8 Å². The van der Waals surface area contributed by atoms with Crippen molar-refractivity contribution in [3.05, 3.63) is 18.3 Å². The van der Waals surface area contributed by atoms with Crippen LogP contribution in [0.15, 0.2) is 23.5 Å². The predicted octanol–water partition coefficient (Wildman–Crippen LogP) is 3.86. The quantitative estimate of drug-likeness (QED) is 0.503. The third-order valence-corrected chi connectivity index (χ3v) is 8.23. The number of amides is 1. The summed E-state index contributed by atoms with van der Waals surface area (Å²) in [5.74, 6) is 1.10. The van der Waals surface area contributed by atoms with Gasteiger partial charge in [0.05, 0.1) is 29.0 Å². The number of nitrogen functional groups attached to an aromatic ring is 1. The minimum absolute atomic E-state index is 0.0562. The molecule has 3 aromatic heterocycles. The van der Waals surface area contributed by atoms with Crippen LogP contribution >= 0.6 is 23.1 Å². The van der Waals surface area contributed by atoms with Crippen LogP contribution < -0.4 is 11.1 Å². The van der Waals surface area contributed by atoms with Crippen molar-refractivity contribution >= 4 is 44.9 Å². The van der Waals surface area contributed by atoms with E-state index in [2.05, 4.69) is 25.1 Å². The number of carbonyl (C=O) groups excluding carboxylic acids is 1. The smallest absolute Gasteiger partial charge is 0.230 e. The molecule has 170 valence electrons. The number of nitrogens with two attached hydrogens (primary N) is 1. The van der Waals surface area contributed by atoms with Crippen molar-refractivity contribution in [3.63, 3.8) is 0 Å². The second-order valence-electron chi connectivity index (χ2n) is 8.44. The standard InChI is InChI=1S/C22H28N6O2S2/c23-18-16-9-4-10-24-21(16)32-19(18)20-26-27-22(28(20)12-15-8-5-11-30-15)31-13-17(29)25-14-6-2-1-3-7-14/h4,9-10,14-15H,1-3,5-8,11-13,23H2,(H,25,29)/t15-/m1/s1. The van der Waals surface area contributed by atoms with Gasteiger partial charge in [0.1, 0.15) is 4.83 Å².